The molecule has 0 saturated carbocycles. The summed E-state index contributed by atoms with van der Waals surface area (Å²) in [5.41, 5.74) is 14.5. The number of anilines is 1. The number of aromatic nitrogens is 1. The van der Waals surface area contributed by atoms with Gasteiger partial charge in [0.15, 0.2) is 17.5 Å². The molecule has 0 fully saturated rings. The first-order chi connectivity index (χ1) is 14.8. The average molecular weight is 427 g/mol. The molecule has 1 atom stereocenters. The smallest absolute Gasteiger partial charge is 0.254 e. The number of rotatable bonds is 2. The van der Waals surface area contributed by atoms with Crippen LogP contribution in [0.4, 0.5) is 10.2 Å². The second-order valence-corrected chi connectivity index (χ2v) is 7.13. The zero-order valence-corrected chi connectivity index (χ0v) is 18.0. The Morgan fingerprint density at radius 1 is 1.42 bits per heavy atom. The molecule has 0 saturated heterocycles. The first kappa shape index (κ1) is 22.1. The number of nitrogens with zero attached hydrogens (tertiary/aromatic N) is 3. The SMILES string of the molecule is CCC1Oc2cc(cnc2N)C(=C(N)OC)C(=NC)CN(C)C(=O)c2ccc(F)cc21. The van der Waals surface area contributed by atoms with E-state index in [0.717, 1.165) is 0 Å². The minimum Gasteiger partial charge on any atom is -0.482 e. The number of benzene rings is 1. The van der Waals surface area contributed by atoms with Gasteiger partial charge in [-0.05, 0) is 30.7 Å². The van der Waals surface area contributed by atoms with E-state index in [9.17, 15) is 9.18 Å². The zero-order valence-electron chi connectivity index (χ0n) is 18.0. The molecule has 1 aliphatic heterocycles. The Balaban J connectivity index is 2.30. The third-order valence-corrected chi connectivity index (χ3v) is 5.16. The third kappa shape index (κ3) is 4.30. The molecule has 8 nitrogen and oxygen atoms in total. The topological polar surface area (TPSA) is 116 Å². The van der Waals surface area contributed by atoms with Crippen molar-refractivity contribution in [2.75, 3.05) is 33.5 Å². The molecule has 1 aromatic heterocycles. The van der Waals surface area contributed by atoms with E-state index in [1.165, 1.54) is 36.4 Å². The van der Waals surface area contributed by atoms with E-state index in [1.807, 2.05) is 6.92 Å². The summed E-state index contributed by atoms with van der Waals surface area (Å²) in [6.45, 7) is 2.02. The fraction of sp³-hybridized carbons (Fsp3) is 0.318. The number of hydrogen-bond donors (Lipinski definition) is 2. The summed E-state index contributed by atoms with van der Waals surface area (Å²) >= 11 is 0. The average Bonchev–Trinajstić information content (AvgIpc) is 2.77. The number of nitrogen functional groups attached to an aromatic ring is 1. The van der Waals surface area contributed by atoms with Gasteiger partial charge >= 0.3 is 0 Å². The van der Waals surface area contributed by atoms with E-state index in [-0.39, 0.29) is 29.9 Å². The summed E-state index contributed by atoms with van der Waals surface area (Å²) in [6.07, 6.45) is 1.40. The van der Waals surface area contributed by atoms with Crippen molar-refractivity contribution in [2.45, 2.75) is 19.4 Å². The van der Waals surface area contributed by atoms with Crippen LogP contribution in [0.3, 0.4) is 0 Å². The molecule has 164 valence electrons. The molecular weight excluding hydrogens is 401 g/mol. The van der Waals surface area contributed by atoms with Crippen LogP contribution in [0.25, 0.3) is 5.57 Å². The van der Waals surface area contributed by atoms with Gasteiger partial charge in [0, 0.05) is 37.0 Å². The van der Waals surface area contributed by atoms with Crippen LogP contribution >= 0.6 is 0 Å². The van der Waals surface area contributed by atoms with Gasteiger partial charge in [-0.2, -0.15) is 0 Å². The number of ether oxygens (including phenoxy) is 2. The highest BCUT2D eigenvalue weighted by atomic mass is 19.1. The summed E-state index contributed by atoms with van der Waals surface area (Å²) in [5.74, 6) is -0.199. The van der Waals surface area contributed by atoms with Crippen molar-refractivity contribution in [3.8, 4) is 5.75 Å². The number of halogens is 1. The lowest BCUT2D eigenvalue weighted by atomic mass is 9.97. The third-order valence-electron chi connectivity index (χ3n) is 5.16. The highest BCUT2D eigenvalue weighted by molar-refractivity contribution is 6.26. The van der Waals surface area contributed by atoms with Crippen LogP contribution in [-0.2, 0) is 4.74 Å². The van der Waals surface area contributed by atoms with Crippen molar-refractivity contribution in [1.82, 2.24) is 9.88 Å². The second-order valence-electron chi connectivity index (χ2n) is 7.13. The molecule has 1 aliphatic rings. The molecule has 1 aromatic carbocycles. The first-order valence-electron chi connectivity index (χ1n) is 9.77. The molecule has 2 bridgehead atoms. The Kier molecular flexibility index (Phi) is 6.43. The number of amides is 1. The number of hydrogen-bond acceptors (Lipinski definition) is 7. The predicted molar refractivity (Wildman–Crippen MR) is 117 cm³/mol. The summed E-state index contributed by atoms with van der Waals surface area (Å²) in [5, 5.41) is 0. The van der Waals surface area contributed by atoms with E-state index in [1.54, 1.807) is 20.2 Å². The van der Waals surface area contributed by atoms with Gasteiger partial charge in [0.2, 0.25) is 0 Å². The Morgan fingerprint density at radius 2 is 2.16 bits per heavy atom. The lowest BCUT2D eigenvalue weighted by Gasteiger charge is -2.26. The largest absolute Gasteiger partial charge is 0.482 e. The maximum absolute atomic E-state index is 14.1. The van der Waals surface area contributed by atoms with Crippen LogP contribution in [-0.4, -0.2) is 49.3 Å². The molecule has 0 radical (unpaired) electrons. The van der Waals surface area contributed by atoms with Gasteiger partial charge in [0.05, 0.1) is 24.9 Å². The molecule has 1 amide bonds. The van der Waals surface area contributed by atoms with E-state index in [0.29, 0.717) is 34.4 Å². The molecule has 1 unspecified atom stereocenters. The van der Waals surface area contributed by atoms with Crippen LogP contribution in [0.1, 0.15) is 40.9 Å². The molecule has 9 heteroatoms. The van der Waals surface area contributed by atoms with Crippen molar-refractivity contribution < 1.29 is 18.7 Å². The van der Waals surface area contributed by atoms with Crippen molar-refractivity contribution in [1.29, 1.82) is 0 Å². The van der Waals surface area contributed by atoms with Gasteiger partial charge in [-0.1, -0.05) is 6.92 Å². The summed E-state index contributed by atoms with van der Waals surface area (Å²) < 4.78 is 25.5. The van der Waals surface area contributed by atoms with Gasteiger partial charge in [0.1, 0.15) is 11.9 Å². The maximum Gasteiger partial charge on any atom is 0.254 e. The lowest BCUT2D eigenvalue weighted by molar-refractivity contribution is 0.0809. The Morgan fingerprint density at radius 3 is 2.81 bits per heavy atom. The van der Waals surface area contributed by atoms with Crippen LogP contribution in [0.15, 0.2) is 41.3 Å². The fourth-order valence-electron chi connectivity index (χ4n) is 3.52. The number of nitrogens with two attached hydrogens (primary N) is 2. The number of aliphatic imine (C=N–C) groups is 1. The monoisotopic (exact) mass is 427 g/mol. The normalized spacial score (nSPS) is 19.8. The van der Waals surface area contributed by atoms with Crippen LogP contribution < -0.4 is 16.2 Å². The van der Waals surface area contributed by atoms with E-state index in [2.05, 4.69) is 9.98 Å². The highest BCUT2D eigenvalue weighted by Crippen LogP contribution is 2.34. The zero-order chi connectivity index (χ0) is 22.7. The Labute approximate surface area is 180 Å². The minimum absolute atomic E-state index is 0.116. The molecule has 0 spiro atoms. The summed E-state index contributed by atoms with van der Waals surface area (Å²) in [7, 11) is 4.68. The second kappa shape index (κ2) is 9.03. The molecule has 31 heavy (non-hydrogen) atoms. The van der Waals surface area contributed by atoms with Crippen molar-refractivity contribution in [3.05, 3.63) is 58.9 Å². The van der Waals surface area contributed by atoms with Gasteiger partial charge in [0.25, 0.3) is 5.91 Å². The highest BCUT2D eigenvalue weighted by Gasteiger charge is 2.27. The number of fused-ring (bicyclic) bond motifs is 3. The van der Waals surface area contributed by atoms with Gasteiger partial charge in [-0.15, -0.1) is 0 Å². The molecule has 4 N–H and O–H groups in total. The van der Waals surface area contributed by atoms with Gasteiger partial charge < -0.3 is 25.8 Å². The van der Waals surface area contributed by atoms with Crippen molar-refractivity contribution in [3.63, 3.8) is 0 Å². The van der Waals surface area contributed by atoms with Crippen molar-refractivity contribution >= 4 is 23.0 Å². The van der Waals surface area contributed by atoms with Crippen LogP contribution in [0.5, 0.6) is 5.75 Å². The van der Waals surface area contributed by atoms with Gasteiger partial charge in [-0.3, -0.25) is 9.79 Å². The van der Waals surface area contributed by atoms with E-state index in [4.69, 9.17) is 20.9 Å². The molecule has 2 heterocycles. The summed E-state index contributed by atoms with van der Waals surface area (Å²) in [4.78, 5) is 23.3. The number of methoxy groups -OCH3 is 1. The van der Waals surface area contributed by atoms with Crippen LogP contribution in [0.2, 0.25) is 0 Å². The summed E-state index contributed by atoms with van der Waals surface area (Å²) in [6, 6.07) is 5.72. The maximum atomic E-state index is 14.1. The van der Waals surface area contributed by atoms with E-state index < -0.39 is 11.9 Å². The van der Waals surface area contributed by atoms with E-state index >= 15 is 0 Å². The number of carbonyl (C=O) groups is 1. The quantitative estimate of drug-likeness (QED) is 0.712. The lowest BCUT2D eigenvalue weighted by Crippen LogP contribution is -2.34. The minimum atomic E-state index is -0.617. The first-order valence-corrected chi connectivity index (χ1v) is 9.77. The van der Waals surface area contributed by atoms with Crippen LogP contribution in [0, 0.1) is 5.82 Å². The molecule has 2 aromatic rings. The predicted octanol–water partition coefficient (Wildman–Crippen LogP) is 2.76. The van der Waals surface area contributed by atoms with Crippen molar-refractivity contribution in [2.24, 2.45) is 10.7 Å². The Bertz CT molecular complexity index is 1070. The molecule has 3 rings (SSSR count). The standard InChI is InChI=1S/C22H26FN5O3/c1-5-17-15-9-13(23)6-7-14(15)22(29)28(3)11-16(26-2)19(21(25)30-4)12-8-18(31-17)20(24)27-10-12/h6-10,17H,5,11,25H2,1-4H3,(H2,24,27). The number of pyridine rings is 1. The molecule has 0 aliphatic carbocycles. The molecular formula is C22H26FN5O3. The van der Waals surface area contributed by atoms with Gasteiger partial charge in [-0.25, -0.2) is 9.37 Å². The Hall–Kier alpha value is -3.62. The number of carbonyl (C=O) groups excluding carboxylic acids is 1. The fourth-order valence-corrected chi connectivity index (χ4v) is 3.52.